The van der Waals surface area contributed by atoms with Crippen LogP contribution in [0.15, 0.2) is 66.0 Å². The Bertz CT molecular complexity index is 1020. The van der Waals surface area contributed by atoms with Gasteiger partial charge in [0.05, 0.1) is 5.69 Å². The van der Waals surface area contributed by atoms with E-state index in [0.717, 1.165) is 42.7 Å². The number of tetrazole rings is 1. The van der Waals surface area contributed by atoms with E-state index >= 15 is 0 Å². The van der Waals surface area contributed by atoms with E-state index in [2.05, 4.69) is 62.8 Å². The molecule has 0 aliphatic heterocycles. The molecular formula is C21H24N6S. The third-order valence-corrected chi connectivity index (χ3v) is 5.52. The van der Waals surface area contributed by atoms with E-state index in [9.17, 15) is 0 Å². The molecule has 2 aromatic carbocycles. The molecule has 6 nitrogen and oxygen atoms in total. The van der Waals surface area contributed by atoms with E-state index in [4.69, 9.17) is 0 Å². The lowest BCUT2D eigenvalue weighted by Crippen LogP contribution is -2.16. The molecule has 0 aliphatic carbocycles. The molecule has 0 bridgehead atoms. The molecule has 0 aliphatic rings. The summed E-state index contributed by atoms with van der Waals surface area (Å²) >= 11 is 1.66. The van der Waals surface area contributed by atoms with Crippen molar-refractivity contribution < 1.29 is 0 Å². The average Bonchev–Trinajstić information content (AvgIpc) is 3.34. The summed E-state index contributed by atoms with van der Waals surface area (Å²) < 4.78 is 4.14. The van der Waals surface area contributed by atoms with Crippen molar-refractivity contribution in [3.8, 4) is 5.69 Å². The summed E-state index contributed by atoms with van der Waals surface area (Å²) in [6.07, 6.45) is 3.42. The van der Waals surface area contributed by atoms with E-state index < -0.39 is 0 Å². The highest BCUT2D eigenvalue weighted by Gasteiger charge is 2.09. The van der Waals surface area contributed by atoms with E-state index in [1.54, 1.807) is 16.4 Å². The quantitative estimate of drug-likeness (QED) is 0.346. The minimum atomic E-state index is 0.813. The number of aryl methyl sites for hydroxylation is 1. The number of thioether (sulfide) groups is 1. The molecule has 28 heavy (non-hydrogen) atoms. The Morgan fingerprint density at radius 3 is 2.71 bits per heavy atom. The highest BCUT2D eigenvalue weighted by Crippen LogP contribution is 2.22. The molecule has 2 heterocycles. The highest BCUT2D eigenvalue weighted by atomic mass is 32.2. The predicted octanol–water partition coefficient (Wildman–Crippen LogP) is 3.91. The lowest BCUT2D eigenvalue weighted by atomic mass is 10.2. The minimum Gasteiger partial charge on any atom is -0.347 e. The van der Waals surface area contributed by atoms with Crippen molar-refractivity contribution in [3.05, 3.63) is 66.4 Å². The average molecular weight is 393 g/mol. The number of hydrogen-bond donors (Lipinski definition) is 1. The van der Waals surface area contributed by atoms with Gasteiger partial charge in [-0.05, 0) is 40.6 Å². The fourth-order valence-electron chi connectivity index (χ4n) is 3.33. The Balaban J connectivity index is 1.33. The molecule has 4 aromatic rings. The van der Waals surface area contributed by atoms with Gasteiger partial charge in [0.1, 0.15) is 0 Å². The second-order valence-electron chi connectivity index (χ2n) is 6.60. The molecule has 144 valence electrons. The normalized spacial score (nSPS) is 11.3. The second-order valence-corrected chi connectivity index (χ2v) is 7.66. The van der Waals surface area contributed by atoms with Gasteiger partial charge in [0.15, 0.2) is 0 Å². The van der Waals surface area contributed by atoms with Crippen LogP contribution >= 0.6 is 11.8 Å². The summed E-state index contributed by atoms with van der Waals surface area (Å²) in [7, 11) is 0. The Hall–Kier alpha value is -2.64. The van der Waals surface area contributed by atoms with Crippen molar-refractivity contribution in [2.24, 2.45) is 0 Å². The SMILES string of the molecule is CCCn1cc(CNCCSc2nnnn2-c2ccccc2)c2ccccc21. The first kappa shape index (κ1) is 18.7. The number of nitrogens with zero attached hydrogens (tertiary/aromatic N) is 5. The zero-order chi connectivity index (χ0) is 19.2. The molecule has 0 fully saturated rings. The van der Waals surface area contributed by atoms with Crippen LogP contribution in [0.1, 0.15) is 18.9 Å². The molecule has 0 amide bonds. The Labute approximate surface area is 168 Å². The number of para-hydroxylation sites is 2. The van der Waals surface area contributed by atoms with Gasteiger partial charge in [-0.3, -0.25) is 0 Å². The topological polar surface area (TPSA) is 60.6 Å². The van der Waals surface area contributed by atoms with Crippen molar-refractivity contribution in [1.29, 1.82) is 0 Å². The summed E-state index contributed by atoms with van der Waals surface area (Å²) in [6.45, 7) is 5.02. The van der Waals surface area contributed by atoms with Crippen molar-refractivity contribution in [2.45, 2.75) is 31.6 Å². The van der Waals surface area contributed by atoms with Crippen LogP contribution < -0.4 is 5.32 Å². The molecule has 0 saturated carbocycles. The number of rotatable bonds is 9. The van der Waals surface area contributed by atoms with Gasteiger partial charge in [0.2, 0.25) is 5.16 Å². The summed E-state index contributed by atoms with van der Waals surface area (Å²) in [6, 6.07) is 18.6. The number of aromatic nitrogens is 5. The largest absolute Gasteiger partial charge is 0.347 e. The van der Waals surface area contributed by atoms with Crippen LogP contribution in [0.3, 0.4) is 0 Å². The number of benzene rings is 2. The first-order chi connectivity index (χ1) is 13.9. The lowest BCUT2D eigenvalue weighted by Gasteiger charge is -2.05. The molecule has 0 unspecified atom stereocenters. The molecule has 0 spiro atoms. The maximum absolute atomic E-state index is 4.15. The van der Waals surface area contributed by atoms with Crippen LogP contribution in [0, 0.1) is 0 Å². The van der Waals surface area contributed by atoms with Gasteiger partial charge in [-0.15, -0.1) is 5.10 Å². The summed E-state index contributed by atoms with van der Waals surface area (Å²) in [5, 5.41) is 17.8. The smallest absolute Gasteiger partial charge is 0.214 e. The van der Waals surface area contributed by atoms with Gasteiger partial charge in [0.25, 0.3) is 0 Å². The van der Waals surface area contributed by atoms with Gasteiger partial charge >= 0.3 is 0 Å². The molecule has 0 radical (unpaired) electrons. The molecule has 7 heteroatoms. The van der Waals surface area contributed by atoms with E-state index in [1.807, 2.05) is 30.3 Å². The number of hydrogen-bond acceptors (Lipinski definition) is 5. The van der Waals surface area contributed by atoms with Crippen LogP contribution in [0.2, 0.25) is 0 Å². The van der Waals surface area contributed by atoms with Gasteiger partial charge < -0.3 is 9.88 Å². The molecule has 0 atom stereocenters. The molecule has 2 aromatic heterocycles. The van der Waals surface area contributed by atoms with E-state index in [-0.39, 0.29) is 0 Å². The first-order valence-corrected chi connectivity index (χ1v) is 10.6. The fraction of sp³-hybridized carbons (Fsp3) is 0.286. The van der Waals surface area contributed by atoms with Crippen molar-refractivity contribution in [2.75, 3.05) is 12.3 Å². The van der Waals surface area contributed by atoms with E-state index in [1.165, 1.54) is 16.5 Å². The van der Waals surface area contributed by atoms with E-state index in [0.29, 0.717) is 0 Å². The zero-order valence-electron chi connectivity index (χ0n) is 16.0. The van der Waals surface area contributed by atoms with Crippen LogP contribution in [-0.2, 0) is 13.1 Å². The molecular weight excluding hydrogens is 368 g/mol. The Morgan fingerprint density at radius 1 is 1.04 bits per heavy atom. The van der Waals surface area contributed by atoms with Gasteiger partial charge in [-0.1, -0.05) is 55.1 Å². The van der Waals surface area contributed by atoms with Crippen LogP contribution in [0.4, 0.5) is 0 Å². The highest BCUT2D eigenvalue weighted by molar-refractivity contribution is 7.99. The number of fused-ring (bicyclic) bond motifs is 1. The standard InChI is InChI=1S/C21H24N6S/c1-2-13-26-16-17(19-10-6-7-11-20(19)26)15-22-12-14-28-21-23-24-25-27(21)18-8-4-3-5-9-18/h3-11,16,22H,2,12-15H2,1H3. The van der Waals surface area contributed by atoms with Crippen molar-refractivity contribution >= 4 is 22.7 Å². The second kappa shape index (κ2) is 9.03. The van der Waals surface area contributed by atoms with Gasteiger partial charge in [0, 0.05) is 42.5 Å². The fourth-order valence-corrected chi connectivity index (χ4v) is 4.11. The lowest BCUT2D eigenvalue weighted by molar-refractivity contribution is 0.690. The monoisotopic (exact) mass is 392 g/mol. The minimum absolute atomic E-state index is 0.813. The predicted molar refractivity (Wildman–Crippen MR) is 114 cm³/mol. The van der Waals surface area contributed by atoms with Crippen molar-refractivity contribution in [1.82, 2.24) is 30.1 Å². The Morgan fingerprint density at radius 2 is 1.86 bits per heavy atom. The summed E-state index contributed by atoms with van der Waals surface area (Å²) in [4.78, 5) is 0. The third-order valence-electron chi connectivity index (χ3n) is 4.60. The van der Waals surface area contributed by atoms with Crippen LogP contribution in [0.5, 0.6) is 0 Å². The molecule has 4 rings (SSSR count). The third kappa shape index (κ3) is 4.10. The number of nitrogens with one attached hydrogen (secondary N) is 1. The van der Waals surface area contributed by atoms with Gasteiger partial charge in [-0.25, -0.2) is 0 Å². The maximum atomic E-state index is 4.15. The van der Waals surface area contributed by atoms with Crippen molar-refractivity contribution in [3.63, 3.8) is 0 Å². The van der Waals surface area contributed by atoms with Gasteiger partial charge in [-0.2, -0.15) is 4.68 Å². The van der Waals surface area contributed by atoms with Crippen LogP contribution in [0.25, 0.3) is 16.6 Å². The Kier molecular flexibility index (Phi) is 6.04. The maximum Gasteiger partial charge on any atom is 0.214 e. The molecule has 0 saturated heterocycles. The zero-order valence-corrected chi connectivity index (χ0v) is 16.8. The van der Waals surface area contributed by atoms with Crippen LogP contribution in [-0.4, -0.2) is 37.1 Å². The molecule has 1 N–H and O–H groups in total. The summed E-state index contributed by atoms with van der Waals surface area (Å²) in [5.74, 6) is 0.904. The summed E-state index contributed by atoms with van der Waals surface area (Å²) in [5.41, 5.74) is 3.65. The first-order valence-electron chi connectivity index (χ1n) is 9.61.